The Labute approximate surface area is 139 Å². The molecule has 126 valence electrons. The first kappa shape index (κ1) is 17.3. The fourth-order valence-electron chi connectivity index (χ4n) is 2.27. The highest BCUT2D eigenvalue weighted by molar-refractivity contribution is 5.92. The SMILES string of the molecule is COc1ccc(CCC(=O)Nc2cc([N+](=O)[O-])ccc2C)cc1N. The molecular formula is C17H19N3O4. The number of nitrogens with zero attached hydrogens (tertiary/aromatic N) is 1. The molecule has 0 saturated carbocycles. The van der Waals surface area contributed by atoms with Crippen LogP contribution in [0.25, 0.3) is 0 Å². The molecule has 0 radical (unpaired) electrons. The highest BCUT2D eigenvalue weighted by Gasteiger charge is 2.11. The van der Waals surface area contributed by atoms with Crippen molar-refractivity contribution in [2.45, 2.75) is 19.8 Å². The number of hydrogen-bond donors (Lipinski definition) is 2. The average molecular weight is 329 g/mol. The molecule has 2 rings (SSSR count). The predicted octanol–water partition coefficient (Wildman–Crippen LogP) is 3.07. The third kappa shape index (κ3) is 4.22. The van der Waals surface area contributed by atoms with Gasteiger partial charge in [0.1, 0.15) is 5.75 Å². The molecule has 0 bridgehead atoms. The van der Waals surface area contributed by atoms with Crippen LogP contribution in [0.4, 0.5) is 17.1 Å². The van der Waals surface area contributed by atoms with E-state index in [1.165, 1.54) is 12.1 Å². The van der Waals surface area contributed by atoms with E-state index in [-0.39, 0.29) is 18.0 Å². The van der Waals surface area contributed by atoms with Crippen LogP contribution in [0.15, 0.2) is 36.4 Å². The fourth-order valence-corrected chi connectivity index (χ4v) is 2.27. The van der Waals surface area contributed by atoms with Crippen molar-refractivity contribution >= 4 is 23.0 Å². The van der Waals surface area contributed by atoms with Crippen molar-refractivity contribution in [3.8, 4) is 5.75 Å². The predicted molar refractivity (Wildman–Crippen MR) is 92.2 cm³/mol. The van der Waals surface area contributed by atoms with Crippen molar-refractivity contribution in [3.63, 3.8) is 0 Å². The highest BCUT2D eigenvalue weighted by Crippen LogP contribution is 2.24. The van der Waals surface area contributed by atoms with Gasteiger partial charge in [0.25, 0.3) is 5.69 Å². The number of ether oxygens (including phenoxy) is 1. The molecule has 7 heteroatoms. The molecule has 3 N–H and O–H groups in total. The highest BCUT2D eigenvalue weighted by atomic mass is 16.6. The van der Waals surface area contributed by atoms with Gasteiger partial charge in [-0.2, -0.15) is 0 Å². The standard InChI is InChI=1S/C17H19N3O4/c1-11-3-6-13(20(22)23)10-15(11)19-17(21)8-5-12-4-7-16(24-2)14(18)9-12/h3-4,6-7,9-10H,5,8,18H2,1-2H3,(H,19,21). The first-order valence-corrected chi connectivity index (χ1v) is 7.38. The minimum Gasteiger partial charge on any atom is -0.495 e. The van der Waals surface area contributed by atoms with E-state index in [2.05, 4.69) is 5.32 Å². The number of benzene rings is 2. The van der Waals surface area contributed by atoms with Crippen LogP contribution in [-0.4, -0.2) is 17.9 Å². The van der Waals surface area contributed by atoms with Gasteiger partial charge in [-0.3, -0.25) is 14.9 Å². The van der Waals surface area contributed by atoms with Crippen molar-refractivity contribution in [3.05, 3.63) is 57.6 Å². The minimum atomic E-state index is -0.491. The Morgan fingerprint density at radius 3 is 2.67 bits per heavy atom. The monoisotopic (exact) mass is 329 g/mol. The van der Waals surface area contributed by atoms with Crippen molar-refractivity contribution < 1.29 is 14.5 Å². The lowest BCUT2D eigenvalue weighted by Crippen LogP contribution is -2.13. The first-order valence-electron chi connectivity index (χ1n) is 7.38. The van der Waals surface area contributed by atoms with Crippen LogP contribution in [0.5, 0.6) is 5.75 Å². The molecule has 0 fully saturated rings. The fraction of sp³-hybridized carbons (Fsp3) is 0.235. The summed E-state index contributed by atoms with van der Waals surface area (Å²) < 4.78 is 5.09. The Bertz CT molecular complexity index is 774. The van der Waals surface area contributed by atoms with Gasteiger partial charge in [0, 0.05) is 18.6 Å². The number of hydrogen-bond acceptors (Lipinski definition) is 5. The molecule has 2 aromatic rings. The van der Waals surface area contributed by atoms with E-state index in [0.29, 0.717) is 23.5 Å². The Morgan fingerprint density at radius 2 is 2.04 bits per heavy atom. The van der Waals surface area contributed by atoms with Crippen LogP contribution in [0.2, 0.25) is 0 Å². The maximum absolute atomic E-state index is 12.1. The molecule has 2 aromatic carbocycles. The number of nitrogens with one attached hydrogen (secondary N) is 1. The van der Waals surface area contributed by atoms with Gasteiger partial charge in [0.2, 0.25) is 5.91 Å². The van der Waals surface area contributed by atoms with E-state index in [1.807, 2.05) is 6.07 Å². The summed E-state index contributed by atoms with van der Waals surface area (Å²) in [6, 6.07) is 9.75. The van der Waals surface area contributed by atoms with E-state index in [1.54, 1.807) is 32.2 Å². The zero-order chi connectivity index (χ0) is 17.7. The molecule has 0 aliphatic carbocycles. The molecule has 1 amide bonds. The summed E-state index contributed by atoms with van der Waals surface area (Å²) in [6.07, 6.45) is 0.752. The Hall–Kier alpha value is -3.09. The molecule has 0 heterocycles. The average Bonchev–Trinajstić information content (AvgIpc) is 2.55. The summed E-state index contributed by atoms with van der Waals surface area (Å²) in [5, 5.41) is 13.5. The van der Waals surface area contributed by atoms with Crippen LogP contribution >= 0.6 is 0 Å². The zero-order valence-corrected chi connectivity index (χ0v) is 13.5. The second-order valence-corrected chi connectivity index (χ2v) is 5.38. The van der Waals surface area contributed by atoms with E-state index < -0.39 is 4.92 Å². The van der Waals surface area contributed by atoms with Gasteiger partial charge in [-0.25, -0.2) is 0 Å². The topological polar surface area (TPSA) is 107 Å². The number of methoxy groups -OCH3 is 1. The summed E-state index contributed by atoms with van der Waals surface area (Å²) in [4.78, 5) is 22.4. The van der Waals surface area contributed by atoms with Gasteiger partial charge in [0.05, 0.1) is 23.4 Å². The number of anilines is 2. The zero-order valence-electron chi connectivity index (χ0n) is 13.5. The lowest BCUT2D eigenvalue weighted by Gasteiger charge is -2.09. The molecule has 0 aromatic heterocycles. The number of rotatable bonds is 6. The Morgan fingerprint density at radius 1 is 1.29 bits per heavy atom. The normalized spacial score (nSPS) is 10.2. The molecule has 0 saturated heterocycles. The van der Waals surface area contributed by atoms with Crippen molar-refractivity contribution in [2.24, 2.45) is 0 Å². The summed E-state index contributed by atoms with van der Waals surface area (Å²) in [5.41, 5.74) is 8.43. The summed E-state index contributed by atoms with van der Waals surface area (Å²) in [6.45, 7) is 1.78. The summed E-state index contributed by atoms with van der Waals surface area (Å²) in [5.74, 6) is 0.378. The van der Waals surface area contributed by atoms with Crippen LogP contribution < -0.4 is 15.8 Å². The largest absolute Gasteiger partial charge is 0.495 e. The molecule has 0 unspecified atom stereocenters. The van der Waals surface area contributed by atoms with E-state index in [9.17, 15) is 14.9 Å². The number of nitro groups is 1. The minimum absolute atomic E-state index is 0.0566. The molecule has 0 spiro atoms. The van der Waals surface area contributed by atoms with Crippen LogP contribution in [0, 0.1) is 17.0 Å². The molecule has 0 atom stereocenters. The van der Waals surface area contributed by atoms with E-state index in [0.717, 1.165) is 11.1 Å². The third-order valence-electron chi connectivity index (χ3n) is 3.64. The van der Waals surface area contributed by atoms with Crippen molar-refractivity contribution in [1.82, 2.24) is 0 Å². The Balaban J connectivity index is 2.00. The number of nitrogen functional groups attached to an aromatic ring is 1. The van der Waals surface area contributed by atoms with Gasteiger partial charge in [-0.05, 0) is 36.6 Å². The second kappa shape index (κ2) is 7.45. The summed E-state index contributed by atoms with van der Waals surface area (Å²) >= 11 is 0. The number of nitrogens with two attached hydrogens (primary N) is 1. The lowest BCUT2D eigenvalue weighted by atomic mass is 10.1. The molecule has 0 aliphatic heterocycles. The van der Waals surface area contributed by atoms with Gasteiger partial charge in [-0.1, -0.05) is 12.1 Å². The van der Waals surface area contributed by atoms with Gasteiger partial charge in [-0.15, -0.1) is 0 Å². The number of carbonyl (C=O) groups is 1. The smallest absolute Gasteiger partial charge is 0.271 e. The van der Waals surface area contributed by atoms with E-state index >= 15 is 0 Å². The maximum Gasteiger partial charge on any atom is 0.271 e. The number of carbonyl (C=O) groups excluding carboxylic acids is 1. The van der Waals surface area contributed by atoms with Gasteiger partial charge >= 0.3 is 0 Å². The summed E-state index contributed by atoms with van der Waals surface area (Å²) in [7, 11) is 1.54. The van der Waals surface area contributed by atoms with Crippen LogP contribution in [0.1, 0.15) is 17.5 Å². The first-order chi connectivity index (χ1) is 11.4. The van der Waals surface area contributed by atoms with Crippen LogP contribution in [0.3, 0.4) is 0 Å². The molecule has 0 aliphatic rings. The van der Waals surface area contributed by atoms with Crippen LogP contribution in [-0.2, 0) is 11.2 Å². The van der Waals surface area contributed by atoms with Gasteiger partial charge < -0.3 is 15.8 Å². The third-order valence-corrected chi connectivity index (χ3v) is 3.64. The molecular weight excluding hydrogens is 310 g/mol. The number of amides is 1. The maximum atomic E-state index is 12.1. The quantitative estimate of drug-likeness (QED) is 0.481. The lowest BCUT2D eigenvalue weighted by molar-refractivity contribution is -0.384. The second-order valence-electron chi connectivity index (χ2n) is 5.38. The Kier molecular flexibility index (Phi) is 5.36. The van der Waals surface area contributed by atoms with Crippen molar-refractivity contribution in [1.29, 1.82) is 0 Å². The number of non-ortho nitro benzene ring substituents is 1. The number of aryl methyl sites for hydroxylation is 2. The molecule has 7 nitrogen and oxygen atoms in total. The van der Waals surface area contributed by atoms with E-state index in [4.69, 9.17) is 10.5 Å². The van der Waals surface area contributed by atoms with Gasteiger partial charge in [0.15, 0.2) is 0 Å². The molecule has 24 heavy (non-hydrogen) atoms. The number of nitro benzene ring substituents is 1. The van der Waals surface area contributed by atoms with Crippen molar-refractivity contribution in [2.75, 3.05) is 18.2 Å².